The molecule has 1 aliphatic heterocycles. The van der Waals surface area contributed by atoms with E-state index in [0.29, 0.717) is 13.0 Å². The Hall–Kier alpha value is -2.14. The maximum absolute atomic E-state index is 11.7. The number of aromatic amines is 1. The molecule has 0 atom stereocenters. The summed E-state index contributed by atoms with van der Waals surface area (Å²) in [6.07, 6.45) is 1.24. The molecule has 0 saturated heterocycles. The van der Waals surface area contributed by atoms with Crippen molar-refractivity contribution in [1.82, 2.24) is 9.97 Å². The van der Waals surface area contributed by atoms with Crippen LogP contribution in [-0.4, -0.2) is 29.5 Å². The summed E-state index contributed by atoms with van der Waals surface area (Å²) in [5, 5.41) is 0. The third-order valence-corrected chi connectivity index (χ3v) is 3.72. The van der Waals surface area contributed by atoms with Crippen molar-refractivity contribution in [3.63, 3.8) is 0 Å². The molecule has 0 fully saturated rings. The van der Waals surface area contributed by atoms with Gasteiger partial charge in [0, 0.05) is 30.4 Å². The molecule has 0 unspecified atom stereocenters. The first-order valence-electron chi connectivity index (χ1n) is 6.75. The summed E-state index contributed by atoms with van der Waals surface area (Å²) in [5.41, 5.74) is 10.7. The number of fused-ring (bicyclic) bond motifs is 1. The standard InChI is InChI=1S/C15H18N4O/c1-9-17-12(5-6-16)15(18-9)10-3-4-13-11(7-10)8-14(20)19(13)2/h3-4,7H,5-6,8,16H2,1-2H3,(H,17,18). The first-order valence-corrected chi connectivity index (χ1v) is 6.75. The van der Waals surface area contributed by atoms with Crippen LogP contribution >= 0.6 is 0 Å². The normalized spacial score (nSPS) is 13.9. The number of hydrogen-bond acceptors (Lipinski definition) is 3. The van der Waals surface area contributed by atoms with E-state index in [-0.39, 0.29) is 5.91 Å². The van der Waals surface area contributed by atoms with Crippen molar-refractivity contribution < 1.29 is 4.79 Å². The predicted octanol–water partition coefficient (Wildman–Crippen LogP) is 1.41. The molecule has 3 rings (SSSR count). The lowest BCUT2D eigenvalue weighted by molar-refractivity contribution is -0.117. The van der Waals surface area contributed by atoms with Gasteiger partial charge in [0.25, 0.3) is 0 Å². The fraction of sp³-hybridized carbons (Fsp3) is 0.333. The number of nitrogens with one attached hydrogen (secondary N) is 1. The van der Waals surface area contributed by atoms with E-state index in [0.717, 1.165) is 40.4 Å². The Bertz CT molecular complexity index is 675. The molecule has 1 aliphatic rings. The largest absolute Gasteiger partial charge is 0.346 e. The second kappa shape index (κ2) is 4.76. The van der Waals surface area contributed by atoms with Crippen LogP contribution in [0.5, 0.6) is 0 Å². The van der Waals surface area contributed by atoms with Crippen molar-refractivity contribution in [3.8, 4) is 11.3 Å². The number of H-pyrrole nitrogens is 1. The first kappa shape index (κ1) is 12.9. The van der Waals surface area contributed by atoms with Crippen molar-refractivity contribution in [3.05, 3.63) is 35.3 Å². The highest BCUT2D eigenvalue weighted by Gasteiger charge is 2.24. The van der Waals surface area contributed by atoms with E-state index in [2.05, 4.69) is 16.0 Å². The smallest absolute Gasteiger partial charge is 0.231 e. The minimum atomic E-state index is 0.137. The van der Waals surface area contributed by atoms with Gasteiger partial charge >= 0.3 is 0 Å². The zero-order valence-corrected chi connectivity index (χ0v) is 11.7. The Morgan fingerprint density at radius 1 is 1.45 bits per heavy atom. The number of benzene rings is 1. The summed E-state index contributed by atoms with van der Waals surface area (Å²) in [5.74, 6) is 1.02. The van der Waals surface area contributed by atoms with Crippen LogP contribution in [0.4, 0.5) is 5.69 Å². The number of aromatic nitrogens is 2. The topological polar surface area (TPSA) is 75.0 Å². The zero-order valence-electron chi connectivity index (χ0n) is 11.7. The second-order valence-electron chi connectivity index (χ2n) is 5.16. The molecular weight excluding hydrogens is 252 g/mol. The number of carbonyl (C=O) groups is 1. The van der Waals surface area contributed by atoms with Crippen LogP contribution in [0.3, 0.4) is 0 Å². The maximum Gasteiger partial charge on any atom is 0.231 e. The third kappa shape index (κ3) is 2.00. The van der Waals surface area contributed by atoms with Crippen LogP contribution in [0, 0.1) is 6.92 Å². The van der Waals surface area contributed by atoms with Crippen LogP contribution < -0.4 is 10.6 Å². The van der Waals surface area contributed by atoms with Gasteiger partial charge in [-0.3, -0.25) is 4.79 Å². The molecule has 0 radical (unpaired) electrons. The van der Waals surface area contributed by atoms with Gasteiger partial charge in [0.05, 0.1) is 12.1 Å². The molecule has 1 aromatic carbocycles. The number of likely N-dealkylation sites (N-methyl/N-ethyl adjacent to an activating group) is 1. The van der Waals surface area contributed by atoms with E-state index in [1.807, 2.05) is 26.1 Å². The minimum Gasteiger partial charge on any atom is -0.346 e. The maximum atomic E-state index is 11.7. The molecule has 0 saturated carbocycles. The van der Waals surface area contributed by atoms with Gasteiger partial charge in [-0.2, -0.15) is 0 Å². The second-order valence-corrected chi connectivity index (χ2v) is 5.16. The van der Waals surface area contributed by atoms with Crippen LogP contribution in [0.1, 0.15) is 17.1 Å². The van der Waals surface area contributed by atoms with Gasteiger partial charge in [-0.1, -0.05) is 6.07 Å². The van der Waals surface area contributed by atoms with Gasteiger partial charge in [0.15, 0.2) is 0 Å². The lowest BCUT2D eigenvalue weighted by Crippen LogP contribution is -2.20. The quantitative estimate of drug-likeness (QED) is 0.885. The van der Waals surface area contributed by atoms with Gasteiger partial charge in [-0.15, -0.1) is 0 Å². The van der Waals surface area contributed by atoms with E-state index >= 15 is 0 Å². The van der Waals surface area contributed by atoms with E-state index in [1.165, 1.54) is 0 Å². The summed E-state index contributed by atoms with van der Waals surface area (Å²) in [7, 11) is 1.81. The fourth-order valence-electron chi connectivity index (χ4n) is 2.72. The summed E-state index contributed by atoms with van der Waals surface area (Å²) < 4.78 is 0. The van der Waals surface area contributed by atoms with Gasteiger partial charge in [0.1, 0.15) is 5.82 Å². The van der Waals surface area contributed by atoms with Gasteiger partial charge in [0.2, 0.25) is 5.91 Å². The third-order valence-electron chi connectivity index (χ3n) is 3.72. The van der Waals surface area contributed by atoms with Crippen molar-refractivity contribution in [2.45, 2.75) is 19.8 Å². The average molecular weight is 270 g/mol. The van der Waals surface area contributed by atoms with Gasteiger partial charge < -0.3 is 15.6 Å². The predicted molar refractivity (Wildman–Crippen MR) is 78.6 cm³/mol. The SMILES string of the molecule is Cc1nc(-c2ccc3c(c2)CC(=O)N3C)c(CCN)[nH]1. The van der Waals surface area contributed by atoms with Gasteiger partial charge in [-0.05, 0) is 31.2 Å². The van der Waals surface area contributed by atoms with E-state index in [1.54, 1.807) is 4.90 Å². The molecule has 5 nitrogen and oxygen atoms in total. The molecule has 0 bridgehead atoms. The van der Waals surface area contributed by atoms with Crippen LogP contribution in [0.25, 0.3) is 11.3 Å². The summed E-state index contributed by atoms with van der Waals surface area (Å²) >= 11 is 0. The van der Waals surface area contributed by atoms with Crippen molar-refractivity contribution >= 4 is 11.6 Å². The Labute approximate surface area is 117 Å². The number of nitrogens with two attached hydrogens (primary N) is 1. The Morgan fingerprint density at radius 3 is 3.00 bits per heavy atom. The van der Waals surface area contributed by atoms with Gasteiger partial charge in [-0.25, -0.2) is 4.98 Å². The Kier molecular flexibility index (Phi) is 3.06. The number of aryl methyl sites for hydroxylation is 1. The van der Waals surface area contributed by atoms with E-state index < -0.39 is 0 Å². The zero-order chi connectivity index (χ0) is 14.3. The molecule has 1 amide bonds. The molecule has 104 valence electrons. The number of nitrogens with zero attached hydrogens (tertiary/aromatic N) is 2. The number of hydrogen-bond donors (Lipinski definition) is 2. The van der Waals surface area contributed by atoms with Crippen molar-refractivity contribution in [1.29, 1.82) is 0 Å². The highest BCUT2D eigenvalue weighted by atomic mass is 16.2. The van der Waals surface area contributed by atoms with Crippen molar-refractivity contribution in [2.75, 3.05) is 18.5 Å². The molecule has 2 aromatic rings. The number of carbonyl (C=O) groups excluding carboxylic acids is 1. The molecule has 2 heterocycles. The highest BCUT2D eigenvalue weighted by Crippen LogP contribution is 2.32. The summed E-state index contributed by atoms with van der Waals surface area (Å²) in [6.45, 7) is 2.52. The Morgan fingerprint density at radius 2 is 2.25 bits per heavy atom. The van der Waals surface area contributed by atoms with Crippen molar-refractivity contribution in [2.24, 2.45) is 5.73 Å². The number of imidazole rings is 1. The highest BCUT2D eigenvalue weighted by molar-refractivity contribution is 6.01. The molecule has 0 aliphatic carbocycles. The molecule has 5 heteroatoms. The summed E-state index contributed by atoms with van der Waals surface area (Å²) in [4.78, 5) is 21.3. The minimum absolute atomic E-state index is 0.137. The Balaban J connectivity index is 2.04. The number of amides is 1. The monoisotopic (exact) mass is 270 g/mol. The van der Waals surface area contributed by atoms with E-state index in [4.69, 9.17) is 5.73 Å². The van der Waals surface area contributed by atoms with Crippen LogP contribution in [-0.2, 0) is 17.6 Å². The van der Waals surface area contributed by atoms with Crippen LogP contribution in [0.2, 0.25) is 0 Å². The first-order chi connectivity index (χ1) is 9.60. The molecule has 0 spiro atoms. The summed E-state index contributed by atoms with van der Waals surface area (Å²) in [6, 6.07) is 6.07. The molecule has 20 heavy (non-hydrogen) atoms. The van der Waals surface area contributed by atoms with E-state index in [9.17, 15) is 4.79 Å². The molecular formula is C15H18N4O. The fourth-order valence-corrected chi connectivity index (χ4v) is 2.72. The van der Waals surface area contributed by atoms with Crippen LogP contribution in [0.15, 0.2) is 18.2 Å². The molecule has 1 aromatic heterocycles. The average Bonchev–Trinajstić information content (AvgIpc) is 2.91. The number of rotatable bonds is 3. The lowest BCUT2D eigenvalue weighted by Gasteiger charge is -2.10. The lowest BCUT2D eigenvalue weighted by atomic mass is 10.0. The molecule has 3 N–H and O–H groups in total. The number of anilines is 1.